The molecule has 1 aliphatic rings. The summed E-state index contributed by atoms with van der Waals surface area (Å²) in [5, 5.41) is 0. The molecule has 2 aromatic rings. The van der Waals surface area contributed by atoms with Crippen LogP contribution in [-0.4, -0.2) is 56.8 Å². The second kappa shape index (κ2) is 9.62. The average molecular weight is 430 g/mol. The van der Waals surface area contributed by atoms with Crippen LogP contribution in [0.4, 0.5) is 5.69 Å². The van der Waals surface area contributed by atoms with Crippen molar-refractivity contribution in [3.8, 4) is 0 Å². The summed E-state index contributed by atoms with van der Waals surface area (Å²) >= 11 is 0. The molecular weight excluding hydrogens is 398 g/mol. The fourth-order valence-electron chi connectivity index (χ4n) is 3.61. The Morgan fingerprint density at radius 3 is 2.23 bits per heavy atom. The highest BCUT2D eigenvalue weighted by atomic mass is 32.2. The van der Waals surface area contributed by atoms with Gasteiger partial charge in [-0.25, -0.2) is 8.42 Å². The number of likely N-dealkylation sites (tertiary alicyclic amines) is 1. The summed E-state index contributed by atoms with van der Waals surface area (Å²) in [5.41, 5.74) is 1.02. The van der Waals surface area contributed by atoms with E-state index in [1.807, 2.05) is 4.90 Å². The van der Waals surface area contributed by atoms with E-state index in [-0.39, 0.29) is 10.8 Å². The third-order valence-electron chi connectivity index (χ3n) is 5.77. The van der Waals surface area contributed by atoms with Crippen molar-refractivity contribution >= 4 is 21.6 Å². The lowest BCUT2D eigenvalue weighted by atomic mass is 9.95. The lowest BCUT2D eigenvalue weighted by molar-refractivity contribution is 0.0666. The van der Waals surface area contributed by atoms with E-state index in [0.29, 0.717) is 23.2 Å². The molecular formula is C23H31N3O3S. The molecule has 6 nitrogen and oxygen atoms in total. The van der Waals surface area contributed by atoms with Crippen LogP contribution in [0.5, 0.6) is 0 Å². The van der Waals surface area contributed by atoms with Gasteiger partial charge in [-0.3, -0.25) is 9.52 Å². The maximum absolute atomic E-state index is 12.8. The van der Waals surface area contributed by atoms with Crippen LogP contribution in [0.1, 0.15) is 37.0 Å². The summed E-state index contributed by atoms with van der Waals surface area (Å²) in [5.74, 6) is 0.624. The van der Waals surface area contributed by atoms with Crippen LogP contribution in [0.25, 0.3) is 0 Å². The molecule has 7 heteroatoms. The molecule has 0 aliphatic carbocycles. The molecule has 0 atom stereocenters. The average Bonchev–Trinajstić information content (AvgIpc) is 2.74. The van der Waals surface area contributed by atoms with Gasteiger partial charge in [-0.15, -0.1) is 0 Å². The number of hydrogen-bond donors (Lipinski definition) is 1. The van der Waals surface area contributed by atoms with Gasteiger partial charge in [-0.05, 0) is 76.1 Å². The molecule has 162 valence electrons. The Morgan fingerprint density at radius 2 is 1.67 bits per heavy atom. The molecule has 0 radical (unpaired) electrons. The van der Waals surface area contributed by atoms with E-state index in [9.17, 15) is 13.2 Å². The van der Waals surface area contributed by atoms with Crippen molar-refractivity contribution in [2.24, 2.45) is 5.92 Å². The molecule has 2 aromatic carbocycles. The van der Waals surface area contributed by atoms with Gasteiger partial charge in [0.15, 0.2) is 0 Å². The van der Waals surface area contributed by atoms with Gasteiger partial charge in [0.05, 0.1) is 4.90 Å². The van der Waals surface area contributed by atoms with Crippen LogP contribution in [0.15, 0.2) is 59.5 Å². The van der Waals surface area contributed by atoms with Crippen LogP contribution in [-0.2, 0) is 10.0 Å². The first-order chi connectivity index (χ1) is 14.3. The summed E-state index contributed by atoms with van der Waals surface area (Å²) in [6.45, 7) is 6.98. The van der Waals surface area contributed by atoms with Crippen molar-refractivity contribution in [2.75, 3.05) is 31.4 Å². The number of rotatable bonds is 7. The van der Waals surface area contributed by atoms with E-state index in [4.69, 9.17) is 0 Å². The molecule has 1 amide bonds. The molecule has 1 heterocycles. The Morgan fingerprint density at radius 1 is 1.07 bits per heavy atom. The highest BCUT2D eigenvalue weighted by Crippen LogP contribution is 2.22. The van der Waals surface area contributed by atoms with E-state index in [2.05, 4.69) is 30.5 Å². The third-order valence-corrected chi connectivity index (χ3v) is 7.16. The zero-order chi connectivity index (χ0) is 21.7. The predicted molar refractivity (Wildman–Crippen MR) is 120 cm³/mol. The smallest absolute Gasteiger partial charge is 0.261 e. The van der Waals surface area contributed by atoms with Gasteiger partial charge in [-0.1, -0.05) is 18.2 Å². The van der Waals surface area contributed by atoms with E-state index < -0.39 is 10.0 Å². The molecule has 0 spiro atoms. The predicted octanol–water partition coefficient (Wildman–Crippen LogP) is 3.68. The quantitative estimate of drug-likeness (QED) is 0.729. The van der Waals surface area contributed by atoms with Crippen molar-refractivity contribution in [3.63, 3.8) is 0 Å². The number of carbonyl (C=O) groups excluding carboxylic acids is 1. The molecule has 1 saturated heterocycles. The number of hydrogen-bond acceptors (Lipinski definition) is 4. The third kappa shape index (κ3) is 5.61. The fraction of sp³-hybridized carbons (Fsp3) is 0.435. The van der Waals surface area contributed by atoms with Crippen molar-refractivity contribution in [1.29, 1.82) is 0 Å². The van der Waals surface area contributed by atoms with Gasteiger partial charge in [0, 0.05) is 36.9 Å². The number of nitrogens with zero attached hydrogens (tertiary/aromatic N) is 2. The number of anilines is 1. The molecule has 0 unspecified atom stereocenters. The van der Waals surface area contributed by atoms with Crippen molar-refractivity contribution < 1.29 is 13.2 Å². The number of carbonyl (C=O) groups is 1. The van der Waals surface area contributed by atoms with Crippen LogP contribution >= 0.6 is 0 Å². The zero-order valence-electron chi connectivity index (χ0n) is 17.9. The first kappa shape index (κ1) is 22.3. The molecule has 1 N–H and O–H groups in total. The van der Waals surface area contributed by atoms with E-state index >= 15 is 0 Å². The van der Waals surface area contributed by atoms with Crippen molar-refractivity contribution in [1.82, 2.24) is 9.80 Å². The van der Waals surface area contributed by atoms with E-state index in [0.717, 1.165) is 32.5 Å². The largest absolute Gasteiger partial charge is 0.339 e. The monoisotopic (exact) mass is 429 g/mol. The normalized spacial score (nSPS) is 15.6. The van der Waals surface area contributed by atoms with Crippen molar-refractivity contribution in [3.05, 3.63) is 60.2 Å². The topological polar surface area (TPSA) is 69.7 Å². The lowest BCUT2D eigenvalue weighted by Crippen LogP contribution is -2.42. The second-order valence-corrected chi connectivity index (χ2v) is 9.95. The van der Waals surface area contributed by atoms with Crippen LogP contribution in [0.2, 0.25) is 0 Å². The Hall–Kier alpha value is -2.38. The Bertz CT molecular complexity index is 935. The number of amides is 1. The first-order valence-electron chi connectivity index (χ1n) is 10.4. The minimum Gasteiger partial charge on any atom is -0.339 e. The summed E-state index contributed by atoms with van der Waals surface area (Å²) in [6.07, 6.45) is 2.02. The standard InChI is InChI=1S/C23H31N3O3S/c1-18(2)25(3)17-19-13-15-26(16-14-19)23(27)20-9-11-21(12-10-20)24-30(28,29)22-7-5-4-6-8-22/h4-12,18-19,24H,13-17H2,1-3H3. The minimum absolute atomic E-state index is 0.00290. The summed E-state index contributed by atoms with van der Waals surface area (Å²) in [4.78, 5) is 17.3. The number of piperidine rings is 1. The van der Waals surface area contributed by atoms with E-state index in [1.54, 1.807) is 54.6 Å². The van der Waals surface area contributed by atoms with Gasteiger partial charge in [0.2, 0.25) is 0 Å². The maximum atomic E-state index is 12.8. The Labute approximate surface area is 179 Å². The summed E-state index contributed by atoms with van der Waals surface area (Å²) in [7, 11) is -1.49. The molecule has 0 bridgehead atoms. The highest BCUT2D eigenvalue weighted by molar-refractivity contribution is 7.92. The second-order valence-electron chi connectivity index (χ2n) is 8.26. The van der Waals surface area contributed by atoms with Gasteiger partial charge in [0.1, 0.15) is 0 Å². The number of benzene rings is 2. The van der Waals surface area contributed by atoms with Crippen molar-refractivity contribution in [2.45, 2.75) is 37.6 Å². The Balaban J connectivity index is 1.57. The lowest BCUT2D eigenvalue weighted by Gasteiger charge is -2.35. The first-order valence-corrected chi connectivity index (χ1v) is 11.9. The maximum Gasteiger partial charge on any atom is 0.261 e. The summed E-state index contributed by atoms with van der Waals surface area (Å²) < 4.78 is 27.4. The molecule has 0 aromatic heterocycles. The van der Waals surface area contributed by atoms with Crippen LogP contribution < -0.4 is 4.72 Å². The molecule has 0 saturated carbocycles. The number of nitrogens with one attached hydrogen (secondary N) is 1. The van der Waals surface area contributed by atoms with Gasteiger partial charge < -0.3 is 9.80 Å². The fourth-order valence-corrected chi connectivity index (χ4v) is 4.69. The molecule has 1 fully saturated rings. The van der Waals surface area contributed by atoms with Gasteiger partial charge in [0.25, 0.3) is 15.9 Å². The minimum atomic E-state index is -3.64. The molecule has 1 aliphatic heterocycles. The molecule has 3 rings (SSSR count). The zero-order valence-corrected chi connectivity index (χ0v) is 18.7. The number of sulfonamides is 1. The van der Waals surface area contributed by atoms with Gasteiger partial charge >= 0.3 is 0 Å². The SMILES string of the molecule is CC(C)N(C)CC1CCN(C(=O)c2ccc(NS(=O)(=O)c3ccccc3)cc2)CC1. The van der Waals surface area contributed by atoms with Crippen LogP contribution in [0, 0.1) is 5.92 Å². The van der Waals surface area contributed by atoms with Crippen LogP contribution in [0.3, 0.4) is 0 Å². The van der Waals surface area contributed by atoms with E-state index in [1.165, 1.54) is 0 Å². The highest BCUT2D eigenvalue weighted by Gasteiger charge is 2.25. The Kier molecular flexibility index (Phi) is 7.15. The van der Waals surface area contributed by atoms with Gasteiger partial charge in [-0.2, -0.15) is 0 Å². The molecule has 30 heavy (non-hydrogen) atoms. The summed E-state index contributed by atoms with van der Waals surface area (Å²) in [6, 6.07) is 15.4.